The summed E-state index contributed by atoms with van der Waals surface area (Å²) in [6, 6.07) is 28.4. The molecule has 0 bridgehead atoms. The second kappa shape index (κ2) is 11.7. The molecular weight excluding hydrogens is 728 g/mol. The predicted molar refractivity (Wildman–Crippen MR) is 213 cm³/mol. The van der Waals surface area contributed by atoms with E-state index in [0.717, 1.165) is 0 Å². The molecule has 0 aliphatic heterocycles. The Morgan fingerprint density at radius 1 is 0.281 bits per heavy atom. The van der Waals surface area contributed by atoms with Crippen LogP contribution in [0.15, 0.2) is 109 Å². The Morgan fingerprint density at radius 3 is 0.877 bits per heavy atom. The number of esters is 2. The first kappa shape index (κ1) is 33.4. The molecular formula is C46H22O11. The first-order valence-electron chi connectivity index (χ1n) is 17.5. The number of ether oxygens (including phenoxy) is 1. The number of carboxylic acid groups (broad SMARTS) is 4. The smallest absolute Gasteiger partial charge is 0.346 e. The maximum Gasteiger partial charge on any atom is 0.346 e. The average molecular weight is 751 g/mol. The van der Waals surface area contributed by atoms with Crippen molar-refractivity contribution in [2.45, 2.75) is 0 Å². The standard InChI is InChI=1S/C46H22O11/c47-41(48)29-13-7-23-27-9-15-31(43(51)52)39-33(17-11-25(37(27)39)19-3-1-5-21(29)35(19)23)45(55)57-46(56)34-18-12-26-20-4-2-6-22-30(42(49)50)14-8-24(36(20)22)28-10-16-32(44(53)54)40(34)38(26)28/h1-18H,(H,47,48)(H,49,50)(H,51,52)(H,53,54). The first-order valence-corrected chi connectivity index (χ1v) is 17.5. The Bertz CT molecular complexity index is 3270. The molecule has 0 aliphatic rings. The van der Waals surface area contributed by atoms with Gasteiger partial charge in [0.1, 0.15) is 0 Å². The minimum absolute atomic E-state index is 0.00816. The zero-order valence-corrected chi connectivity index (χ0v) is 29.0. The van der Waals surface area contributed by atoms with Gasteiger partial charge in [-0.05, 0) is 112 Å². The van der Waals surface area contributed by atoms with Gasteiger partial charge in [-0.15, -0.1) is 0 Å². The maximum atomic E-state index is 14.2. The molecule has 0 saturated carbocycles. The molecule has 10 aromatic carbocycles. The van der Waals surface area contributed by atoms with Gasteiger partial charge in [-0.1, -0.05) is 72.8 Å². The summed E-state index contributed by atoms with van der Waals surface area (Å²) in [6.45, 7) is 0. The van der Waals surface area contributed by atoms with Gasteiger partial charge in [0.15, 0.2) is 0 Å². The zero-order valence-electron chi connectivity index (χ0n) is 29.0. The summed E-state index contributed by atoms with van der Waals surface area (Å²) in [7, 11) is 0. The summed E-state index contributed by atoms with van der Waals surface area (Å²) in [6.07, 6.45) is 0. The molecule has 57 heavy (non-hydrogen) atoms. The number of aromatic carboxylic acids is 4. The van der Waals surface area contributed by atoms with E-state index in [-0.39, 0.29) is 44.2 Å². The maximum absolute atomic E-state index is 14.2. The molecule has 0 fully saturated rings. The third-order valence-electron chi connectivity index (χ3n) is 11.1. The normalized spacial score (nSPS) is 11.9. The highest BCUT2D eigenvalue weighted by Crippen LogP contribution is 2.45. The summed E-state index contributed by atoms with van der Waals surface area (Å²) >= 11 is 0. The Hall–Kier alpha value is -8.18. The van der Waals surface area contributed by atoms with E-state index in [1.165, 1.54) is 36.4 Å². The van der Waals surface area contributed by atoms with Gasteiger partial charge in [-0.3, -0.25) is 0 Å². The summed E-state index contributed by atoms with van der Waals surface area (Å²) < 4.78 is 5.52. The number of fused-ring (bicyclic) bond motifs is 4. The van der Waals surface area contributed by atoms with Gasteiger partial charge in [0.25, 0.3) is 0 Å². The van der Waals surface area contributed by atoms with Gasteiger partial charge >= 0.3 is 35.8 Å². The van der Waals surface area contributed by atoms with Crippen molar-refractivity contribution in [2.75, 3.05) is 0 Å². The summed E-state index contributed by atoms with van der Waals surface area (Å²) in [5.41, 5.74) is -0.739. The third-order valence-corrected chi connectivity index (χ3v) is 11.1. The van der Waals surface area contributed by atoms with Crippen molar-refractivity contribution in [3.8, 4) is 0 Å². The van der Waals surface area contributed by atoms with Crippen LogP contribution in [0.25, 0.3) is 86.2 Å². The van der Waals surface area contributed by atoms with Gasteiger partial charge in [-0.2, -0.15) is 0 Å². The van der Waals surface area contributed by atoms with Gasteiger partial charge in [-0.25, -0.2) is 28.8 Å². The van der Waals surface area contributed by atoms with Crippen molar-refractivity contribution in [3.05, 3.63) is 143 Å². The molecule has 0 heterocycles. The molecule has 0 spiro atoms. The lowest BCUT2D eigenvalue weighted by Gasteiger charge is -2.19. The quantitative estimate of drug-likeness (QED) is 0.0547. The van der Waals surface area contributed by atoms with E-state index in [9.17, 15) is 49.2 Å². The largest absolute Gasteiger partial charge is 0.478 e. The molecule has 0 atom stereocenters. The molecule has 11 heteroatoms. The number of hydrogen-bond acceptors (Lipinski definition) is 7. The van der Waals surface area contributed by atoms with Crippen LogP contribution >= 0.6 is 0 Å². The van der Waals surface area contributed by atoms with E-state index in [2.05, 4.69) is 0 Å². The molecule has 0 radical (unpaired) electrons. The van der Waals surface area contributed by atoms with Crippen molar-refractivity contribution in [1.29, 1.82) is 0 Å². The van der Waals surface area contributed by atoms with Crippen molar-refractivity contribution >= 4 is 122 Å². The van der Waals surface area contributed by atoms with E-state index in [4.69, 9.17) is 4.74 Å². The highest BCUT2D eigenvalue weighted by molar-refractivity contribution is 6.39. The Labute approximate surface area is 317 Å². The van der Waals surface area contributed by atoms with Crippen LogP contribution in [0, 0.1) is 0 Å². The van der Waals surface area contributed by atoms with Gasteiger partial charge in [0.2, 0.25) is 0 Å². The predicted octanol–water partition coefficient (Wildman–Crippen LogP) is 9.58. The van der Waals surface area contributed by atoms with Crippen molar-refractivity contribution in [3.63, 3.8) is 0 Å². The van der Waals surface area contributed by atoms with Crippen molar-refractivity contribution in [1.82, 2.24) is 0 Å². The van der Waals surface area contributed by atoms with Crippen LogP contribution in [0.5, 0.6) is 0 Å². The van der Waals surface area contributed by atoms with E-state index in [1.54, 1.807) is 72.8 Å². The highest BCUT2D eigenvalue weighted by Gasteiger charge is 2.28. The number of hydrogen-bond donors (Lipinski definition) is 4. The van der Waals surface area contributed by atoms with E-state index in [0.29, 0.717) is 75.4 Å². The summed E-state index contributed by atoms with van der Waals surface area (Å²) in [5, 5.41) is 48.3. The second-order valence-electron chi connectivity index (χ2n) is 13.8. The number of carbonyl (C=O) groups excluding carboxylic acids is 2. The summed E-state index contributed by atoms with van der Waals surface area (Å²) in [4.78, 5) is 78.0. The van der Waals surface area contributed by atoms with Crippen LogP contribution in [0.1, 0.15) is 62.1 Å². The van der Waals surface area contributed by atoms with Crippen LogP contribution in [-0.2, 0) is 4.74 Å². The number of carbonyl (C=O) groups is 6. The fourth-order valence-corrected chi connectivity index (χ4v) is 8.86. The van der Waals surface area contributed by atoms with E-state index in [1.807, 2.05) is 0 Å². The fraction of sp³-hybridized carbons (Fsp3) is 0. The fourth-order valence-electron chi connectivity index (χ4n) is 8.86. The SMILES string of the molecule is O=C(O)c1ccc2c3ccc(C(=O)O)c4c(C(=O)OC(=O)c5ccc6c7cccc8c(C(=O)O)ccc(c9ccc(C(=O)O)c5c96)c87)ccc(c5cccc1c25)c43. The molecule has 0 unspecified atom stereocenters. The van der Waals surface area contributed by atoms with Crippen molar-refractivity contribution < 1.29 is 53.9 Å². The minimum atomic E-state index is -1.34. The third kappa shape index (κ3) is 4.47. The van der Waals surface area contributed by atoms with Crippen LogP contribution in [0.2, 0.25) is 0 Å². The molecule has 10 aromatic rings. The van der Waals surface area contributed by atoms with Crippen LogP contribution in [0.4, 0.5) is 0 Å². The molecule has 0 aromatic heterocycles. The van der Waals surface area contributed by atoms with Gasteiger partial charge in [0, 0.05) is 10.8 Å². The Balaban J connectivity index is 1.18. The van der Waals surface area contributed by atoms with E-state index < -0.39 is 35.8 Å². The molecule has 10 rings (SSSR count). The number of rotatable bonds is 6. The Kier molecular flexibility index (Phi) is 6.83. The lowest BCUT2D eigenvalue weighted by molar-refractivity contribution is 0.0399. The lowest BCUT2D eigenvalue weighted by Crippen LogP contribution is -2.15. The monoisotopic (exact) mass is 750 g/mol. The van der Waals surface area contributed by atoms with Crippen LogP contribution in [-0.4, -0.2) is 56.2 Å². The molecule has 0 saturated heterocycles. The number of carboxylic acids is 4. The zero-order chi connectivity index (χ0) is 39.6. The number of benzene rings is 10. The molecule has 4 N–H and O–H groups in total. The van der Waals surface area contributed by atoms with Gasteiger partial charge in [0.05, 0.1) is 33.4 Å². The lowest BCUT2D eigenvalue weighted by atomic mass is 9.85. The minimum Gasteiger partial charge on any atom is -0.478 e. The molecule has 11 nitrogen and oxygen atoms in total. The van der Waals surface area contributed by atoms with Gasteiger partial charge < -0.3 is 25.2 Å². The average Bonchev–Trinajstić information content (AvgIpc) is 3.20. The summed E-state index contributed by atoms with van der Waals surface area (Å²) in [5.74, 6) is -7.26. The van der Waals surface area contributed by atoms with Crippen LogP contribution < -0.4 is 0 Å². The topological polar surface area (TPSA) is 193 Å². The van der Waals surface area contributed by atoms with E-state index >= 15 is 0 Å². The molecule has 272 valence electrons. The first-order chi connectivity index (χ1) is 27.5. The molecule has 0 amide bonds. The highest BCUT2D eigenvalue weighted by atomic mass is 16.6. The molecule has 0 aliphatic carbocycles. The second-order valence-corrected chi connectivity index (χ2v) is 13.8. The Morgan fingerprint density at radius 2 is 0.544 bits per heavy atom. The van der Waals surface area contributed by atoms with Crippen LogP contribution in [0.3, 0.4) is 0 Å². The van der Waals surface area contributed by atoms with Crippen molar-refractivity contribution in [2.24, 2.45) is 0 Å².